The number of rotatable bonds is 7. The van der Waals surface area contributed by atoms with Gasteiger partial charge in [-0.15, -0.1) is 0 Å². The first-order chi connectivity index (χ1) is 7.63. The van der Waals surface area contributed by atoms with Crippen LogP contribution in [0.1, 0.15) is 39.5 Å². The van der Waals surface area contributed by atoms with Gasteiger partial charge in [-0.3, -0.25) is 9.69 Å². The third-order valence-electron chi connectivity index (χ3n) is 3.04. The van der Waals surface area contributed by atoms with Crippen LogP contribution in [0.25, 0.3) is 0 Å². The Balaban J connectivity index is 2.33. The molecule has 1 saturated carbocycles. The normalized spacial score (nSPS) is 16.6. The number of nitrogens with zero attached hydrogens (tertiary/aromatic N) is 1. The molecule has 16 heavy (non-hydrogen) atoms. The third kappa shape index (κ3) is 4.49. The molecule has 0 spiro atoms. The summed E-state index contributed by atoms with van der Waals surface area (Å²) in [5.74, 6) is 0.138. The number of nitrogens with two attached hydrogens (primary N) is 1. The van der Waals surface area contributed by atoms with Gasteiger partial charge in [0.15, 0.2) is 0 Å². The van der Waals surface area contributed by atoms with Gasteiger partial charge in [-0.2, -0.15) is 0 Å². The van der Waals surface area contributed by atoms with Gasteiger partial charge in [0.2, 0.25) is 5.91 Å². The van der Waals surface area contributed by atoms with E-state index in [0.29, 0.717) is 19.1 Å². The molecule has 1 aliphatic carbocycles. The smallest absolute Gasteiger partial charge is 0.234 e. The van der Waals surface area contributed by atoms with Crippen molar-refractivity contribution in [2.45, 2.75) is 51.6 Å². The quantitative estimate of drug-likeness (QED) is 0.673. The summed E-state index contributed by atoms with van der Waals surface area (Å²) in [4.78, 5) is 14.0. The largest absolute Gasteiger partial charge is 0.353 e. The highest BCUT2D eigenvalue weighted by Crippen LogP contribution is 2.24. The molecule has 1 rings (SSSR count). The maximum Gasteiger partial charge on any atom is 0.234 e. The molecule has 1 aliphatic rings. The second kappa shape index (κ2) is 6.86. The van der Waals surface area contributed by atoms with Gasteiger partial charge < -0.3 is 11.1 Å². The predicted molar refractivity (Wildman–Crippen MR) is 66.2 cm³/mol. The van der Waals surface area contributed by atoms with Gasteiger partial charge in [0.25, 0.3) is 0 Å². The highest BCUT2D eigenvalue weighted by Gasteiger charge is 2.25. The van der Waals surface area contributed by atoms with Crippen LogP contribution in [0.5, 0.6) is 0 Å². The summed E-state index contributed by atoms with van der Waals surface area (Å²) >= 11 is 0. The zero-order valence-corrected chi connectivity index (χ0v) is 10.5. The van der Waals surface area contributed by atoms with Crippen molar-refractivity contribution < 1.29 is 4.79 Å². The monoisotopic (exact) mass is 227 g/mol. The van der Waals surface area contributed by atoms with Gasteiger partial charge in [0.1, 0.15) is 0 Å². The van der Waals surface area contributed by atoms with E-state index in [9.17, 15) is 4.79 Å². The number of amides is 1. The standard InChI is InChI=1S/C12H25N3O/c1-10(2)14-12(16)9-15(8-4-7-13)11-5-3-6-11/h10-11H,3-9,13H2,1-2H3,(H,14,16). The van der Waals surface area contributed by atoms with E-state index in [1.807, 2.05) is 13.8 Å². The topological polar surface area (TPSA) is 58.4 Å². The first-order valence-electron chi connectivity index (χ1n) is 6.37. The van der Waals surface area contributed by atoms with E-state index in [-0.39, 0.29) is 11.9 Å². The maximum absolute atomic E-state index is 11.7. The Bertz CT molecular complexity index is 214. The Kier molecular flexibility index (Phi) is 5.77. The first kappa shape index (κ1) is 13.5. The summed E-state index contributed by atoms with van der Waals surface area (Å²) in [5, 5.41) is 2.94. The highest BCUT2D eigenvalue weighted by atomic mass is 16.2. The van der Waals surface area contributed by atoms with Crippen LogP contribution in [0.4, 0.5) is 0 Å². The average molecular weight is 227 g/mol. The highest BCUT2D eigenvalue weighted by molar-refractivity contribution is 5.78. The van der Waals surface area contributed by atoms with Gasteiger partial charge >= 0.3 is 0 Å². The molecule has 1 fully saturated rings. The fourth-order valence-electron chi connectivity index (χ4n) is 1.99. The number of nitrogens with one attached hydrogen (secondary N) is 1. The molecular formula is C12H25N3O. The van der Waals surface area contributed by atoms with E-state index in [1.165, 1.54) is 19.3 Å². The molecule has 0 atom stereocenters. The lowest BCUT2D eigenvalue weighted by Gasteiger charge is -2.37. The SMILES string of the molecule is CC(C)NC(=O)CN(CCCN)C1CCC1. The molecular weight excluding hydrogens is 202 g/mol. The second-order valence-electron chi connectivity index (χ2n) is 4.92. The zero-order valence-electron chi connectivity index (χ0n) is 10.5. The molecule has 0 radical (unpaired) electrons. The minimum Gasteiger partial charge on any atom is -0.353 e. The van der Waals surface area contributed by atoms with Crippen LogP contribution in [0.2, 0.25) is 0 Å². The number of hydrogen-bond acceptors (Lipinski definition) is 3. The molecule has 4 heteroatoms. The molecule has 3 N–H and O–H groups in total. The van der Waals surface area contributed by atoms with Crippen LogP contribution >= 0.6 is 0 Å². The molecule has 0 saturated heterocycles. The van der Waals surface area contributed by atoms with Crippen molar-refractivity contribution in [2.75, 3.05) is 19.6 Å². The lowest BCUT2D eigenvalue weighted by Crippen LogP contribution is -2.47. The minimum atomic E-state index is 0.138. The summed E-state index contributed by atoms with van der Waals surface area (Å²) in [6.07, 6.45) is 4.75. The van der Waals surface area contributed by atoms with Crippen molar-refractivity contribution in [2.24, 2.45) is 5.73 Å². The Morgan fingerprint density at radius 1 is 1.50 bits per heavy atom. The van der Waals surface area contributed by atoms with Crippen molar-refractivity contribution in [3.8, 4) is 0 Å². The Morgan fingerprint density at radius 2 is 2.19 bits per heavy atom. The van der Waals surface area contributed by atoms with Crippen molar-refractivity contribution in [1.82, 2.24) is 10.2 Å². The summed E-state index contributed by atoms with van der Waals surface area (Å²) in [7, 11) is 0. The summed E-state index contributed by atoms with van der Waals surface area (Å²) < 4.78 is 0. The van der Waals surface area contributed by atoms with Crippen LogP contribution in [0, 0.1) is 0 Å². The van der Waals surface area contributed by atoms with Crippen molar-refractivity contribution in [3.63, 3.8) is 0 Å². The third-order valence-corrected chi connectivity index (χ3v) is 3.04. The van der Waals surface area contributed by atoms with Crippen LogP contribution in [0.15, 0.2) is 0 Å². The van der Waals surface area contributed by atoms with Crippen LogP contribution < -0.4 is 11.1 Å². The molecule has 0 aromatic rings. The van der Waals surface area contributed by atoms with Gasteiger partial charge in [-0.25, -0.2) is 0 Å². The lowest BCUT2D eigenvalue weighted by atomic mass is 9.91. The molecule has 4 nitrogen and oxygen atoms in total. The molecule has 0 aliphatic heterocycles. The van der Waals surface area contributed by atoms with Crippen molar-refractivity contribution >= 4 is 5.91 Å². The molecule has 0 bridgehead atoms. The van der Waals surface area contributed by atoms with Gasteiger partial charge in [-0.1, -0.05) is 6.42 Å². The van der Waals surface area contributed by atoms with E-state index in [2.05, 4.69) is 10.2 Å². The van der Waals surface area contributed by atoms with Crippen LogP contribution in [0.3, 0.4) is 0 Å². The average Bonchev–Trinajstić information content (AvgIpc) is 2.09. The fourth-order valence-corrected chi connectivity index (χ4v) is 1.99. The first-order valence-corrected chi connectivity index (χ1v) is 6.37. The molecule has 0 heterocycles. The predicted octanol–water partition coefficient (Wildman–Crippen LogP) is 0.714. The van der Waals surface area contributed by atoms with Crippen molar-refractivity contribution in [3.05, 3.63) is 0 Å². The number of carbonyl (C=O) groups excluding carboxylic acids is 1. The van der Waals surface area contributed by atoms with E-state index in [1.54, 1.807) is 0 Å². The van der Waals surface area contributed by atoms with Crippen LogP contribution in [-0.2, 0) is 4.79 Å². The molecule has 0 aromatic heterocycles. The minimum absolute atomic E-state index is 0.138. The Hall–Kier alpha value is -0.610. The van der Waals surface area contributed by atoms with Gasteiger partial charge in [0.05, 0.1) is 6.54 Å². The van der Waals surface area contributed by atoms with E-state index in [4.69, 9.17) is 5.73 Å². The van der Waals surface area contributed by atoms with E-state index in [0.717, 1.165) is 13.0 Å². The number of carbonyl (C=O) groups is 1. The van der Waals surface area contributed by atoms with Crippen molar-refractivity contribution in [1.29, 1.82) is 0 Å². The zero-order chi connectivity index (χ0) is 12.0. The molecule has 0 aromatic carbocycles. The lowest BCUT2D eigenvalue weighted by molar-refractivity contribution is -0.123. The number of hydrogen-bond donors (Lipinski definition) is 2. The van der Waals surface area contributed by atoms with E-state index < -0.39 is 0 Å². The summed E-state index contributed by atoms with van der Waals surface area (Å²) in [5.41, 5.74) is 5.52. The Morgan fingerprint density at radius 3 is 2.62 bits per heavy atom. The Labute approximate surface area is 98.6 Å². The van der Waals surface area contributed by atoms with Crippen LogP contribution in [-0.4, -0.2) is 42.5 Å². The van der Waals surface area contributed by atoms with Gasteiger partial charge in [-0.05, 0) is 39.7 Å². The molecule has 94 valence electrons. The summed E-state index contributed by atoms with van der Waals surface area (Å²) in [6.45, 7) is 6.17. The molecule has 1 amide bonds. The fraction of sp³-hybridized carbons (Fsp3) is 0.917. The summed E-state index contributed by atoms with van der Waals surface area (Å²) in [6, 6.07) is 0.842. The van der Waals surface area contributed by atoms with Gasteiger partial charge in [0, 0.05) is 18.6 Å². The molecule has 0 unspecified atom stereocenters. The van der Waals surface area contributed by atoms with E-state index >= 15 is 0 Å². The maximum atomic E-state index is 11.7. The second-order valence-corrected chi connectivity index (χ2v) is 4.92.